The molecular formula is C38H62O4Si2. The number of hydrogen-bond acceptors (Lipinski definition) is 4. The number of benzene rings is 2. The van der Waals surface area contributed by atoms with Crippen molar-refractivity contribution in [2.24, 2.45) is 0 Å². The highest BCUT2D eigenvalue weighted by atomic mass is 28.4. The van der Waals surface area contributed by atoms with Crippen LogP contribution in [0.1, 0.15) is 108 Å². The Morgan fingerprint density at radius 1 is 0.818 bits per heavy atom. The molecule has 0 unspecified atom stereocenters. The minimum atomic E-state index is -2.61. The third-order valence-electron chi connectivity index (χ3n) is 9.72. The SMILES string of the molecule is CC(C)[Si](O[C@H]1C=C(CCCC[C@H](C)O)O[C@H](CCO[Si](c2ccccc2)(c2ccccc2)C(C)(C)C)C1)(C(C)C)C(C)C. The highest BCUT2D eigenvalue weighted by molar-refractivity contribution is 6.99. The van der Waals surface area contributed by atoms with Crippen LogP contribution in [-0.2, 0) is 13.6 Å². The van der Waals surface area contributed by atoms with Gasteiger partial charge in [0.1, 0.15) is 6.10 Å². The highest BCUT2D eigenvalue weighted by Crippen LogP contribution is 2.44. The van der Waals surface area contributed by atoms with Gasteiger partial charge in [0.15, 0.2) is 0 Å². The Bertz CT molecular complexity index is 1080. The molecule has 1 heterocycles. The molecule has 0 spiro atoms. The van der Waals surface area contributed by atoms with Crippen molar-refractivity contribution >= 4 is 27.0 Å². The van der Waals surface area contributed by atoms with E-state index in [1.165, 1.54) is 10.4 Å². The third kappa shape index (κ3) is 8.76. The van der Waals surface area contributed by atoms with Gasteiger partial charge in [0.25, 0.3) is 8.32 Å². The molecule has 0 bridgehead atoms. The number of aliphatic hydroxyl groups excluding tert-OH is 1. The van der Waals surface area contributed by atoms with Crippen LogP contribution in [0.4, 0.5) is 0 Å². The van der Waals surface area contributed by atoms with Crippen molar-refractivity contribution in [2.75, 3.05) is 6.61 Å². The molecule has 4 nitrogen and oxygen atoms in total. The largest absolute Gasteiger partial charge is 0.495 e. The zero-order valence-electron chi connectivity index (χ0n) is 29.4. The zero-order chi connectivity index (χ0) is 32.5. The average Bonchev–Trinajstić information content (AvgIpc) is 2.96. The van der Waals surface area contributed by atoms with Crippen LogP contribution in [0.15, 0.2) is 72.5 Å². The molecule has 0 amide bonds. The van der Waals surface area contributed by atoms with Gasteiger partial charge in [-0.2, -0.15) is 0 Å². The summed E-state index contributed by atoms with van der Waals surface area (Å²) in [6.45, 7) is 23.7. The minimum Gasteiger partial charge on any atom is -0.495 e. The topological polar surface area (TPSA) is 47.9 Å². The van der Waals surface area contributed by atoms with E-state index in [4.69, 9.17) is 13.6 Å². The predicted octanol–water partition coefficient (Wildman–Crippen LogP) is 9.13. The van der Waals surface area contributed by atoms with Gasteiger partial charge in [0.05, 0.1) is 18.0 Å². The standard InChI is InChI=1S/C38H62O4Si2/c1-29(2)43(30(3)4,31(5)6)42-35-27-33(20-18-17-19-32(7)39)41-34(28-35)25-26-40-44(38(8,9)10,36-21-13-11-14-22-36)37-23-15-12-16-24-37/h11-16,21-24,27,29-32,34-35,39H,17-20,25-26,28H2,1-10H3/t32-,34+,35-/m0/s1. The Balaban J connectivity index is 1.87. The summed E-state index contributed by atoms with van der Waals surface area (Å²) in [6.07, 6.45) is 7.55. The van der Waals surface area contributed by atoms with E-state index in [1.54, 1.807) is 0 Å². The molecule has 1 N–H and O–H groups in total. The first kappa shape index (κ1) is 36.8. The number of aliphatic hydroxyl groups is 1. The Hall–Kier alpha value is -1.71. The molecule has 3 atom stereocenters. The van der Waals surface area contributed by atoms with Gasteiger partial charge in [-0.3, -0.25) is 0 Å². The molecule has 0 aromatic heterocycles. The number of hydrogen-bond donors (Lipinski definition) is 1. The first-order valence-electron chi connectivity index (χ1n) is 17.2. The molecule has 0 aliphatic carbocycles. The molecule has 246 valence electrons. The van der Waals surface area contributed by atoms with E-state index in [1.807, 2.05) is 6.92 Å². The minimum absolute atomic E-state index is 0.0492. The van der Waals surface area contributed by atoms with Gasteiger partial charge in [-0.25, -0.2) is 0 Å². The molecule has 0 saturated carbocycles. The Kier molecular flexibility index (Phi) is 13.5. The van der Waals surface area contributed by atoms with Crippen LogP contribution in [0.3, 0.4) is 0 Å². The van der Waals surface area contributed by atoms with Crippen molar-refractivity contribution in [2.45, 2.75) is 148 Å². The molecule has 0 saturated heterocycles. The molecule has 44 heavy (non-hydrogen) atoms. The molecule has 3 rings (SSSR count). The number of allylic oxidation sites excluding steroid dienone is 1. The van der Waals surface area contributed by atoms with Crippen molar-refractivity contribution in [3.8, 4) is 0 Å². The lowest BCUT2D eigenvalue weighted by Gasteiger charge is -2.46. The first-order valence-corrected chi connectivity index (χ1v) is 21.3. The molecule has 2 aromatic carbocycles. The van der Waals surface area contributed by atoms with Gasteiger partial charge >= 0.3 is 0 Å². The Labute approximate surface area is 271 Å². The molecule has 6 heteroatoms. The Morgan fingerprint density at radius 3 is 1.80 bits per heavy atom. The first-order chi connectivity index (χ1) is 20.7. The maximum atomic E-state index is 9.77. The van der Waals surface area contributed by atoms with E-state index in [9.17, 15) is 5.11 Å². The molecular weight excluding hydrogens is 577 g/mol. The molecule has 0 radical (unpaired) electrons. The van der Waals surface area contributed by atoms with Crippen molar-refractivity contribution in [1.29, 1.82) is 0 Å². The van der Waals surface area contributed by atoms with Gasteiger partial charge in [0, 0.05) is 25.9 Å². The lowest BCUT2D eigenvalue weighted by molar-refractivity contribution is 0.0280. The van der Waals surface area contributed by atoms with E-state index in [2.05, 4.69) is 129 Å². The maximum absolute atomic E-state index is 9.77. The summed E-state index contributed by atoms with van der Waals surface area (Å²) in [5.74, 6) is 1.06. The molecule has 1 aliphatic heterocycles. The summed E-state index contributed by atoms with van der Waals surface area (Å²) >= 11 is 0. The Morgan fingerprint density at radius 2 is 1.34 bits per heavy atom. The summed E-state index contributed by atoms with van der Waals surface area (Å²) in [6, 6.07) is 21.8. The summed E-state index contributed by atoms with van der Waals surface area (Å²) < 4.78 is 21.3. The normalized spacial score (nSPS) is 18.9. The van der Waals surface area contributed by atoms with Gasteiger partial charge in [-0.1, -0.05) is 129 Å². The second-order valence-corrected chi connectivity index (χ2v) is 24.7. The van der Waals surface area contributed by atoms with Gasteiger partial charge in [0.2, 0.25) is 8.32 Å². The average molecular weight is 639 g/mol. The van der Waals surface area contributed by atoms with Crippen LogP contribution in [0.25, 0.3) is 0 Å². The smallest absolute Gasteiger partial charge is 0.261 e. The maximum Gasteiger partial charge on any atom is 0.261 e. The second kappa shape index (κ2) is 16.2. The summed E-state index contributed by atoms with van der Waals surface area (Å²) in [5.41, 5.74) is 1.60. The summed E-state index contributed by atoms with van der Waals surface area (Å²) in [4.78, 5) is 0. The predicted molar refractivity (Wildman–Crippen MR) is 192 cm³/mol. The number of ether oxygens (including phenoxy) is 1. The van der Waals surface area contributed by atoms with Crippen LogP contribution < -0.4 is 10.4 Å². The van der Waals surface area contributed by atoms with Crippen molar-refractivity contribution in [1.82, 2.24) is 0 Å². The van der Waals surface area contributed by atoms with Gasteiger partial charge < -0.3 is 18.7 Å². The monoisotopic (exact) mass is 638 g/mol. The highest BCUT2D eigenvalue weighted by Gasteiger charge is 2.50. The number of unbranched alkanes of at least 4 members (excludes halogenated alkanes) is 1. The van der Waals surface area contributed by atoms with Crippen LogP contribution >= 0.6 is 0 Å². The van der Waals surface area contributed by atoms with Crippen molar-refractivity contribution < 1.29 is 18.7 Å². The molecule has 2 aromatic rings. The fourth-order valence-electron chi connectivity index (χ4n) is 7.75. The van der Waals surface area contributed by atoms with Gasteiger partial charge in [-0.05, 0) is 57.9 Å². The van der Waals surface area contributed by atoms with Crippen LogP contribution in [0.2, 0.25) is 21.7 Å². The van der Waals surface area contributed by atoms with E-state index >= 15 is 0 Å². The lowest BCUT2D eigenvalue weighted by atomic mass is 10.0. The van der Waals surface area contributed by atoms with E-state index in [-0.39, 0.29) is 23.4 Å². The van der Waals surface area contributed by atoms with E-state index in [0.29, 0.717) is 23.2 Å². The quantitative estimate of drug-likeness (QED) is 0.147. The van der Waals surface area contributed by atoms with Gasteiger partial charge in [-0.15, -0.1) is 0 Å². The van der Waals surface area contributed by atoms with Crippen molar-refractivity contribution in [3.05, 3.63) is 72.5 Å². The molecule has 1 aliphatic rings. The van der Waals surface area contributed by atoms with E-state index < -0.39 is 16.6 Å². The zero-order valence-corrected chi connectivity index (χ0v) is 31.4. The van der Waals surface area contributed by atoms with E-state index in [0.717, 1.165) is 44.3 Å². The lowest BCUT2D eigenvalue weighted by Crippen LogP contribution is -2.66. The number of rotatable bonds is 16. The van der Waals surface area contributed by atoms with Crippen LogP contribution in [0.5, 0.6) is 0 Å². The van der Waals surface area contributed by atoms with Crippen LogP contribution in [-0.4, -0.2) is 46.7 Å². The molecule has 0 fully saturated rings. The van der Waals surface area contributed by atoms with Crippen molar-refractivity contribution in [3.63, 3.8) is 0 Å². The summed E-state index contributed by atoms with van der Waals surface area (Å²) in [5, 5.41) is 12.3. The second-order valence-electron chi connectivity index (χ2n) is 15.0. The fourth-order valence-corrected chi connectivity index (χ4v) is 17.8. The third-order valence-corrected chi connectivity index (χ3v) is 20.9. The fraction of sp³-hybridized carbons (Fsp3) is 0.632. The summed E-state index contributed by atoms with van der Waals surface area (Å²) in [7, 11) is -4.66. The van der Waals surface area contributed by atoms with Crippen LogP contribution in [0, 0.1) is 0 Å².